The molecule has 1 saturated heterocycles. The standard InChI is InChI=1S/C19H27N5O2S/c1-14-6-7-17(12-15(14)2)27(25,26)21-9-8-20-18-13-19(23-16(3)22-18)24-10-4-5-11-24/h6-7,12-13,21H,4-5,8-11H2,1-3H3,(H,20,22,23). The highest BCUT2D eigenvalue weighted by atomic mass is 32.2. The summed E-state index contributed by atoms with van der Waals surface area (Å²) < 4.78 is 27.5. The van der Waals surface area contributed by atoms with Gasteiger partial charge >= 0.3 is 0 Å². The maximum absolute atomic E-state index is 12.4. The highest BCUT2D eigenvalue weighted by Gasteiger charge is 2.16. The van der Waals surface area contributed by atoms with E-state index in [9.17, 15) is 8.42 Å². The average Bonchev–Trinajstić information content (AvgIpc) is 3.15. The predicted octanol–water partition coefficient (Wildman–Crippen LogP) is 2.39. The number of benzene rings is 1. The second-order valence-corrected chi connectivity index (χ2v) is 8.69. The highest BCUT2D eigenvalue weighted by Crippen LogP contribution is 2.20. The zero-order chi connectivity index (χ0) is 19.4. The van der Waals surface area contributed by atoms with Crippen LogP contribution in [0.3, 0.4) is 0 Å². The van der Waals surface area contributed by atoms with E-state index in [0.29, 0.717) is 17.3 Å². The highest BCUT2D eigenvalue weighted by molar-refractivity contribution is 7.89. The van der Waals surface area contributed by atoms with Crippen molar-refractivity contribution in [1.29, 1.82) is 0 Å². The Hall–Kier alpha value is -2.19. The Balaban J connectivity index is 1.57. The molecular weight excluding hydrogens is 362 g/mol. The number of aryl methyl sites for hydroxylation is 3. The van der Waals surface area contributed by atoms with Crippen LogP contribution in [0, 0.1) is 20.8 Å². The van der Waals surface area contributed by atoms with Gasteiger partial charge < -0.3 is 10.2 Å². The Morgan fingerprint density at radius 2 is 1.74 bits per heavy atom. The molecular formula is C19H27N5O2S. The molecule has 7 nitrogen and oxygen atoms in total. The van der Waals surface area contributed by atoms with Gasteiger partial charge in [0.2, 0.25) is 10.0 Å². The summed E-state index contributed by atoms with van der Waals surface area (Å²) in [5, 5.41) is 3.19. The van der Waals surface area contributed by atoms with E-state index in [1.54, 1.807) is 12.1 Å². The van der Waals surface area contributed by atoms with Gasteiger partial charge in [0.05, 0.1) is 4.90 Å². The van der Waals surface area contributed by atoms with E-state index in [0.717, 1.165) is 35.9 Å². The lowest BCUT2D eigenvalue weighted by atomic mass is 10.1. The predicted molar refractivity (Wildman–Crippen MR) is 108 cm³/mol. The number of anilines is 2. The first kappa shape index (κ1) is 19.6. The summed E-state index contributed by atoms with van der Waals surface area (Å²) >= 11 is 0. The molecule has 2 N–H and O–H groups in total. The van der Waals surface area contributed by atoms with Gasteiger partial charge in [0.1, 0.15) is 17.5 Å². The van der Waals surface area contributed by atoms with E-state index in [1.807, 2.05) is 32.9 Å². The van der Waals surface area contributed by atoms with Crippen molar-refractivity contribution in [2.45, 2.75) is 38.5 Å². The fourth-order valence-corrected chi connectivity index (χ4v) is 4.21. The third-order valence-corrected chi connectivity index (χ3v) is 6.23. The number of aromatic nitrogens is 2. The minimum Gasteiger partial charge on any atom is -0.369 e. The summed E-state index contributed by atoms with van der Waals surface area (Å²) in [5.74, 6) is 2.35. The maximum atomic E-state index is 12.4. The smallest absolute Gasteiger partial charge is 0.240 e. The third kappa shape index (κ3) is 4.95. The van der Waals surface area contributed by atoms with Crippen LogP contribution in [0.1, 0.15) is 29.8 Å². The summed E-state index contributed by atoms with van der Waals surface area (Å²) in [6.45, 7) is 8.50. The normalized spacial score (nSPS) is 14.6. The van der Waals surface area contributed by atoms with Crippen molar-refractivity contribution >= 4 is 21.7 Å². The zero-order valence-corrected chi connectivity index (χ0v) is 16.9. The van der Waals surface area contributed by atoms with Crippen molar-refractivity contribution in [3.63, 3.8) is 0 Å². The van der Waals surface area contributed by atoms with E-state index in [2.05, 4.69) is 24.9 Å². The molecule has 0 saturated carbocycles. The Morgan fingerprint density at radius 1 is 1.00 bits per heavy atom. The molecule has 146 valence electrons. The number of hydrogen-bond donors (Lipinski definition) is 2. The first-order chi connectivity index (χ1) is 12.8. The Bertz CT molecular complexity index is 908. The molecule has 1 aromatic carbocycles. The molecule has 1 aromatic heterocycles. The number of sulfonamides is 1. The SMILES string of the molecule is Cc1nc(NCCNS(=O)(=O)c2ccc(C)c(C)c2)cc(N2CCCC2)n1. The van der Waals surface area contributed by atoms with Gasteiger partial charge in [-0.2, -0.15) is 0 Å². The second-order valence-electron chi connectivity index (χ2n) is 6.92. The molecule has 2 heterocycles. The van der Waals surface area contributed by atoms with Gasteiger partial charge in [-0.05, 0) is 56.9 Å². The lowest BCUT2D eigenvalue weighted by molar-refractivity contribution is 0.582. The van der Waals surface area contributed by atoms with Gasteiger partial charge in [-0.1, -0.05) is 6.07 Å². The maximum Gasteiger partial charge on any atom is 0.240 e. The molecule has 3 rings (SSSR count). The Kier molecular flexibility index (Phi) is 5.96. The molecule has 1 fully saturated rings. The van der Waals surface area contributed by atoms with E-state index in [-0.39, 0.29) is 6.54 Å². The lowest BCUT2D eigenvalue weighted by Crippen LogP contribution is -2.29. The van der Waals surface area contributed by atoms with Crippen molar-refractivity contribution in [3.05, 3.63) is 41.2 Å². The average molecular weight is 390 g/mol. The van der Waals surface area contributed by atoms with E-state index < -0.39 is 10.0 Å². The van der Waals surface area contributed by atoms with Crippen LogP contribution < -0.4 is 14.9 Å². The summed E-state index contributed by atoms with van der Waals surface area (Å²) in [4.78, 5) is 11.4. The molecule has 8 heteroatoms. The lowest BCUT2D eigenvalue weighted by Gasteiger charge is -2.18. The van der Waals surface area contributed by atoms with Gasteiger partial charge in [-0.3, -0.25) is 0 Å². The van der Waals surface area contributed by atoms with E-state index >= 15 is 0 Å². The van der Waals surface area contributed by atoms with Crippen LogP contribution in [-0.4, -0.2) is 44.6 Å². The summed E-state index contributed by atoms with van der Waals surface area (Å²) in [6.07, 6.45) is 2.37. The van der Waals surface area contributed by atoms with Crippen LogP contribution >= 0.6 is 0 Å². The molecule has 0 atom stereocenters. The number of rotatable bonds is 7. The molecule has 0 amide bonds. The number of nitrogens with zero attached hydrogens (tertiary/aromatic N) is 3. The largest absolute Gasteiger partial charge is 0.369 e. The van der Waals surface area contributed by atoms with Gasteiger partial charge in [-0.25, -0.2) is 23.1 Å². The second kappa shape index (κ2) is 8.22. The van der Waals surface area contributed by atoms with Crippen LogP contribution in [0.5, 0.6) is 0 Å². The first-order valence-electron chi connectivity index (χ1n) is 9.26. The number of nitrogens with one attached hydrogen (secondary N) is 2. The van der Waals surface area contributed by atoms with Crippen LogP contribution in [0.4, 0.5) is 11.6 Å². The third-order valence-electron chi connectivity index (χ3n) is 4.77. The fourth-order valence-electron chi connectivity index (χ4n) is 3.09. The molecule has 0 radical (unpaired) electrons. The summed E-state index contributed by atoms with van der Waals surface area (Å²) in [5.41, 5.74) is 2.03. The van der Waals surface area contributed by atoms with Gasteiger partial charge in [-0.15, -0.1) is 0 Å². The molecule has 2 aromatic rings. The molecule has 27 heavy (non-hydrogen) atoms. The molecule has 0 bridgehead atoms. The van der Waals surface area contributed by atoms with Gasteiger partial charge in [0.25, 0.3) is 0 Å². The zero-order valence-electron chi connectivity index (χ0n) is 16.1. The van der Waals surface area contributed by atoms with Crippen LogP contribution in [0.15, 0.2) is 29.2 Å². The van der Waals surface area contributed by atoms with Crippen molar-refractivity contribution in [2.75, 3.05) is 36.4 Å². The Morgan fingerprint density at radius 3 is 2.44 bits per heavy atom. The fraction of sp³-hybridized carbons (Fsp3) is 0.474. The molecule has 0 spiro atoms. The van der Waals surface area contributed by atoms with E-state index in [4.69, 9.17) is 0 Å². The molecule has 1 aliphatic heterocycles. The van der Waals surface area contributed by atoms with Crippen molar-refractivity contribution in [1.82, 2.24) is 14.7 Å². The van der Waals surface area contributed by atoms with Crippen molar-refractivity contribution < 1.29 is 8.42 Å². The van der Waals surface area contributed by atoms with Crippen LogP contribution in [0.25, 0.3) is 0 Å². The molecule has 0 aliphatic carbocycles. The van der Waals surface area contributed by atoms with Gasteiger partial charge in [0.15, 0.2) is 0 Å². The van der Waals surface area contributed by atoms with Gasteiger partial charge in [0, 0.05) is 32.2 Å². The van der Waals surface area contributed by atoms with Crippen molar-refractivity contribution in [3.8, 4) is 0 Å². The van der Waals surface area contributed by atoms with Crippen LogP contribution in [-0.2, 0) is 10.0 Å². The summed E-state index contributed by atoms with van der Waals surface area (Å²) in [7, 11) is -3.51. The summed E-state index contributed by atoms with van der Waals surface area (Å²) in [6, 6.07) is 7.08. The monoisotopic (exact) mass is 389 g/mol. The first-order valence-corrected chi connectivity index (χ1v) is 10.7. The minimum atomic E-state index is -3.51. The Labute approximate surface area is 161 Å². The molecule has 1 aliphatic rings. The van der Waals surface area contributed by atoms with E-state index in [1.165, 1.54) is 12.8 Å². The minimum absolute atomic E-state index is 0.275. The van der Waals surface area contributed by atoms with Crippen molar-refractivity contribution in [2.24, 2.45) is 0 Å². The quantitative estimate of drug-likeness (QED) is 0.707. The topological polar surface area (TPSA) is 87.2 Å². The van der Waals surface area contributed by atoms with Crippen LogP contribution in [0.2, 0.25) is 0 Å². The number of hydrogen-bond acceptors (Lipinski definition) is 6. The molecule has 0 unspecified atom stereocenters.